The van der Waals surface area contributed by atoms with E-state index in [9.17, 15) is 9.59 Å². The molecule has 1 aliphatic heterocycles. The van der Waals surface area contributed by atoms with Gasteiger partial charge in [0.1, 0.15) is 24.1 Å². The minimum absolute atomic E-state index is 0.293. The summed E-state index contributed by atoms with van der Waals surface area (Å²) in [5.74, 6) is 1.83. The lowest BCUT2D eigenvalue weighted by Crippen LogP contribution is -2.40. The first-order chi connectivity index (χ1) is 24.1. The van der Waals surface area contributed by atoms with Crippen molar-refractivity contribution in [1.29, 1.82) is 0 Å². The predicted octanol–water partition coefficient (Wildman–Crippen LogP) is 6.40. The first kappa shape index (κ1) is 34.3. The fourth-order valence-electron chi connectivity index (χ4n) is 6.30. The van der Waals surface area contributed by atoms with Gasteiger partial charge in [-0.05, 0) is 92.4 Å². The number of fused-ring (bicyclic) bond motifs is 1. The van der Waals surface area contributed by atoms with Crippen LogP contribution < -0.4 is 39.2 Å². The highest BCUT2D eigenvalue weighted by Gasteiger charge is 2.34. The minimum Gasteiger partial charge on any atom is -0.497 e. The first-order valence-corrected chi connectivity index (χ1v) is 16.9. The van der Waals surface area contributed by atoms with E-state index in [2.05, 4.69) is 38.2 Å². The SMILES string of the molecule is COc1ccc([C@H]2C(C(=O)Nc3ccccc3)=C(C)N=c3s/c(=C\c4ccc(OCc5c(C)cc(C)cc5C)c(OC)c4)c(=O)n32)c(OC)c1. The molecule has 5 aromatic rings. The van der Waals surface area contributed by atoms with Gasteiger partial charge < -0.3 is 24.3 Å². The fraction of sp³-hybridized carbons (Fsp3) is 0.225. The number of para-hydroxylation sites is 1. The Hall–Kier alpha value is -5.61. The largest absolute Gasteiger partial charge is 0.497 e. The maximum Gasteiger partial charge on any atom is 0.271 e. The number of nitrogens with zero attached hydrogens (tertiary/aromatic N) is 2. The van der Waals surface area contributed by atoms with Crippen LogP contribution in [-0.2, 0) is 11.4 Å². The molecule has 0 saturated carbocycles. The maximum atomic E-state index is 14.3. The number of hydrogen-bond acceptors (Lipinski definition) is 8. The molecule has 0 unspecified atom stereocenters. The summed E-state index contributed by atoms with van der Waals surface area (Å²) in [6.07, 6.45) is 1.80. The van der Waals surface area contributed by atoms with Gasteiger partial charge in [0.15, 0.2) is 16.3 Å². The lowest BCUT2D eigenvalue weighted by Gasteiger charge is -2.26. The van der Waals surface area contributed by atoms with Gasteiger partial charge in [0.05, 0.1) is 37.1 Å². The normalized spacial score (nSPS) is 14.1. The second-order valence-corrected chi connectivity index (χ2v) is 13.1. The van der Waals surface area contributed by atoms with Crippen molar-refractivity contribution in [2.45, 2.75) is 40.3 Å². The van der Waals surface area contributed by atoms with Crippen LogP contribution in [0.5, 0.6) is 23.0 Å². The Morgan fingerprint density at radius 1 is 0.860 bits per heavy atom. The summed E-state index contributed by atoms with van der Waals surface area (Å²) in [6.45, 7) is 8.45. The number of allylic oxidation sites excluding steroid dienone is 1. The number of hydrogen-bond donors (Lipinski definition) is 1. The first-order valence-electron chi connectivity index (χ1n) is 16.1. The second kappa shape index (κ2) is 14.5. The number of rotatable bonds is 10. The molecule has 9 nitrogen and oxygen atoms in total. The monoisotopic (exact) mass is 689 g/mol. The molecule has 0 aliphatic carbocycles. The summed E-state index contributed by atoms with van der Waals surface area (Å²) < 4.78 is 25.1. The lowest BCUT2D eigenvalue weighted by atomic mass is 9.94. The van der Waals surface area contributed by atoms with Crippen molar-refractivity contribution in [3.05, 3.63) is 143 Å². The summed E-state index contributed by atoms with van der Waals surface area (Å²) in [5, 5.41) is 2.98. The molecule has 1 aromatic heterocycles. The van der Waals surface area contributed by atoms with Crippen molar-refractivity contribution in [2.75, 3.05) is 26.6 Å². The average molecular weight is 690 g/mol. The molecule has 2 heterocycles. The molecule has 4 aromatic carbocycles. The highest BCUT2D eigenvalue weighted by Crippen LogP contribution is 2.38. The number of methoxy groups -OCH3 is 3. The van der Waals surface area contributed by atoms with Gasteiger partial charge in [-0.25, -0.2) is 4.99 Å². The summed E-state index contributed by atoms with van der Waals surface area (Å²) in [5.41, 5.74) is 7.24. The van der Waals surface area contributed by atoms with Crippen molar-refractivity contribution in [3.63, 3.8) is 0 Å². The number of carbonyl (C=O) groups excluding carboxylic acids is 1. The molecular formula is C40H39N3O6S. The lowest BCUT2D eigenvalue weighted by molar-refractivity contribution is -0.113. The van der Waals surface area contributed by atoms with E-state index in [1.54, 1.807) is 63.2 Å². The highest BCUT2D eigenvalue weighted by molar-refractivity contribution is 7.07. The van der Waals surface area contributed by atoms with E-state index in [1.165, 1.54) is 28.0 Å². The Labute approximate surface area is 294 Å². The van der Waals surface area contributed by atoms with E-state index in [4.69, 9.17) is 23.9 Å². The molecule has 1 aliphatic rings. The van der Waals surface area contributed by atoms with Gasteiger partial charge in [-0.2, -0.15) is 0 Å². The third kappa shape index (κ3) is 6.79. The van der Waals surface area contributed by atoms with Gasteiger partial charge in [-0.15, -0.1) is 0 Å². The van der Waals surface area contributed by atoms with Crippen LogP contribution in [0.4, 0.5) is 5.69 Å². The van der Waals surface area contributed by atoms with Gasteiger partial charge in [-0.1, -0.05) is 53.3 Å². The number of benzene rings is 4. The molecule has 10 heteroatoms. The number of anilines is 1. The van der Waals surface area contributed by atoms with Crippen LogP contribution in [0.25, 0.3) is 6.08 Å². The van der Waals surface area contributed by atoms with Gasteiger partial charge in [0, 0.05) is 17.3 Å². The highest BCUT2D eigenvalue weighted by atomic mass is 32.1. The van der Waals surface area contributed by atoms with Gasteiger partial charge in [-0.3, -0.25) is 14.2 Å². The minimum atomic E-state index is -0.822. The molecular weight excluding hydrogens is 651 g/mol. The van der Waals surface area contributed by atoms with Crippen LogP contribution in [0.1, 0.15) is 46.3 Å². The topological polar surface area (TPSA) is 100 Å². The molecule has 1 atom stereocenters. The molecule has 0 radical (unpaired) electrons. The number of aromatic nitrogens is 1. The summed E-state index contributed by atoms with van der Waals surface area (Å²) in [7, 11) is 4.71. The van der Waals surface area contributed by atoms with Gasteiger partial charge >= 0.3 is 0 Å². The van der Waals surface area contributed by atoms with Crippen molar-refractivity contribution in [3.8, 4) is 23.0 Å². The number of amides is 1. The predicted molar refractivity (Wildman–Crippen MR) is 196 cm³/mol. The molecule has 0 bridgehead atoms. The molecule has 0 saturated heterocycles. The Bertz CT molecular complexity index is 2280. The molecule has 256 valence electrons. The quantitative estimate of drug-likeness (QED) is 0.182. The van der Waals surface area contributed by atoms with Crippen LogP contribution in [0, 0.1) is 20.8 Å². The molecule has 0 fully saturated rings. The molecule has 6 rings (SSSR count). The third-order valence-electron chi connectivity index (χ3n) is 8.73. The standard InChI is InChI=1S/C40H39N3O6S/c1-23-17-24(2)31(25(3)18-23)22-49-32-16-13-27(19-34(32)48-7)20-35-39(45)43-37(30-15-14-29(46-5)21-33(30)47-6)36(26(4)41-40(43)50-35)38(44)42-28-11-9-8-10-12-28/h8-21,37H,22H2,1-7H3,(H,42,44)/b35-20-/t37-/m0/s1. The number of aryl methyl sites for hydroxylation is 3. The van der Waals surface area contributed by atoms with E-state index >= 15 is 0 Å². The zero-order valence-electron chi connectivity index (χ0n) is 29.1. The Kier molecular flexibility index (Phi) is 9.92. The van der Waals surface area contributed by atoms with Crippen molar-refractivity contribution in [1.82, 2.24) is 4.57 Å². The van der Waals surface area contributed by atoms with E-state index < -0.39 is 6.04 Å². The Morgan fingerprint density at radius 3 is 2.26 bits per heavy atom. The van der Waals surface area contributed by atoms with Crippen LogP contribution >= 0.6 is 11.3 Å². The van der Waals surface area contributed by atoms with E-state index in [0.29, 0.717) is 61.5 Å². The summed E-state index contributed by atoms with van der Waals surface area (Å²) in [4.78, 5) is 33.5. The Morgan fingerprint density at radius 2 is 1.58 bits per heavy atom. The van der Waals surface area contributed by atoms with Crippen LogP contribution in [0.15, 0.2) is 99.9 Å². The van der Waals surface area contributed by atoms with Crippen molar-refractivity contribution >= 4 is 29.0 Å². The average Bonchev–Trinajstić information content (AvgIpc) is 3.41. The zero-order valence-corrected chi connectivity index (χ0v) is 29.9. The number of thiazole rings is 1. The molecule has 1 amide bonds. The second-order valence-electron chi connectivity index (χ2n) is 12.1. The fourth-order valence-corrected chi connectivity index (χ4v) is 7.35. The van der Waals surface area contributed by atoms with Crippen molar-refractivity contribution < 1.29 is 23.7 Å². The molecule has 0 spiro atoms. The third-order valence-corrected chi connectivity index (χ3v) is 9.71. The van der Waals surface area contributed by atoms with Crippen LogP contribution in [0.3, 0.4) is 0 Å². The zero-order chi connectivity index (χ0) is 35.5. The number of nitrogens with one attached hydrogen (secondary N) is 1. The van der Waals surface area contributed by atoms with Crippen molar-refractivity contribution in [2.24, 2.45) is 4.99 Å². The molecule has 1 N–H and O–H groups in total. The van der Waals surface area contributed by atoms with E-state index in [-0.39, 0.29) is 11.5 Å². The van der Waals surface area contributed by atoms with Crippen LogP contribution in [0.2, 0.25) is 0 Å². The summed E-state index contributed by atoms with van der Waals surface area (Å²) in [6, 6.07) is 23.6. The van der Waals surface area contributed by atoms with Gasteiger partial charge in [0.2, 0.25) is 0 Å². The number of ether oxygens (including phenoxy) is 4. The summed E-state index contributed by atoms with van der Waals surface area (Å²) >= 11 is 1.25. The van der Waals surface area contributed by atoms with E-state index in [1.807, 2.05) is 42.5 Å². The Balaban J connectivity index is 1.41. The van der Waals surface area contributed by atoms with Gasteiger partial charge in [0.25, 0.3) is 11.5 Å². The number of carbonyl (C=O) groups is 1. The smallest absolute Gasteiger partial charge is 0.271 e. The molecule has 50 heavy (non-hydrogen) atoms. The van der Waals surface area contributed by atoms with Crippen LogP contribution in [-0.4, -0.2) is 31.8 Å². The maximum absolute atomic E-state index is 14.3. The van der Waals surface area contributed by atoms with E-state index in [0.717, 1.165) is 11.1 Å².